The second-order valence-corrected chi connectivity index (χ2v) is 9.07. The molecule has 27 heavy (non-hydrogen) atoms. The zero-order valence-corrected chi connectivity index (χ0v) is 16.3. The molecule has 1 unspecified atom stereocenters. The van der Waals surface area contributed by atoms with Gasteiger partial charge in [0.15, 0.2) is 0 Å². The third-order valence-electron chi connectivity index (χ3n) is 4.68. The summed E-state index contributed by atoms with van der Waals surface area (Å²) in [6, 6.07) is 11.9. The molecule has 0 aromatic heterocycles. The molecule has 0 fully saturated rings. The Balaban J connectivity index is 1.63. The molecule has 0 bridgehead atoms. The van der Waals surface area contributed by atoms with Crippen molar-refractivity contribution < 1.29 is 12.9 Å². The number of aliphatic imine (C=N–C) groups is 1. The molecule has 2 aliphatic heterocycles. The first-order valence-corrected chi connectivity index (χ1v) is 10.4. The number of amidine groups is 1. The minimum absolute atomic E-state index is 0.211. The summed E-state index contributed by atoms with van der Waals surface area (Å²) in [5.41, 5.74) is 1.83. The molecule has 4 nitrogen and oxygen atoms in total. The zero-order valence-electron chi connectivity index (χ0n) is 14.7. The lowest BCUT2D eigenvalue weighted by molar-refractivity contribution is -0.743. The van der Waals surface area contributed by atoms with E-state index in [9.17, 15) is 8.42 Å². The molecule has 2 heterocycles. The lowest BCUT2D eigenvalue weighted by Crippen LogP contribution is -2.40. The topological polar surface area (TPSA) is 46.5 Å². The fourth-order valence-electron chi connectivity index (χ4n) is 3.32. The number of sulfone groups is 1. The Hall–Kier alpha value is -2.47. The average molecular weight is 398 g/mol. The van der Waals surface area contributed by atoms with Crippen molar-refractivity contribution in [3.05, 3.63) is 95.4 Å². The molecule has 6 heteroatoms. The first-order valence-electron chi connectivity index (χ1n) is 8.50. The summed E-state index contributed by atoms with van der Waals surface area (Å²) in [7, 11) is -3.61. The molecule has 2 aromatic carbocycles. The maximum atomic E-state index is 12.9. The summed E-state index contributed by atoms with van der Waals surface area (Å²) in [5.74, 6) is 0.948. The van der Waals surface area contributed by atoms with Crippen molar-refractivity contribution in [3.8, 4) is 0 Å². The van der Waals surface area contributed by atoms with Crippen LogP contribution in [-0.4, -0.2) is 18.7 Å². The van der Waals surface area contributed by atoms with Crippen LogP contribution < -0.4 is 0 Å². The summed E-state index contributed by atoms with van der Waals surface area (Å²) in [6.07, 6.45) is 11.8. The molecule has 0 saturated heterocycles. The van der Waals surface area contributed by atoms with Crippen molar-refractivity contribution in [1.82, 2.24) is 0 Å². The van der Waals surface area contributed by atoms with Gasteiger partial charge in [-0.1, -0.05) is 23.7 Å². The van der Waals surface area contributed by atoms with Gasteiger partial charge in [0.2, 0.25) is 15.7 Å². The van der Waals surface area contributed by atoms with E-state index in [1.807, 2.05) is 43.5 Å². The Labute approximate surface area is 163 Å². The SMILES string of the molecule is Cc1cc(Cl)cc(S(=O)(=O)c2ccc(C[N+]34C=CC=CC3=NC=C4)cc2)c1. The van der Waals surface area contributed by atoms with Gasteiger partial charge in [0.1, 0.15) is 18.9 Å². The number of aryl methyl sites for hydroxylation is 1. The standard InChI is InChI=1S/C21H18ClN2O2S/c1-16-12-18(22)14-20(13-16)27(25,26)19-7-5-17(6-8-19)15-24-10-3-2-4-21(24)23-9-11-24/h2-14H,15H2,1H3/q+1. The quantitative estimate of drug-likeness (QED) is 0.698. The molecule has 4 rings (SSSR count). The smallest absolute Gasteiger partial charge is 0.219 e. The second-order valence-electron chi connectivity index (χ2n) is 6.69. The first-order chi connectivity index (χ1) is 12.9. The molecular formula is C21H18ClN2O2S+. The van der Waals surface area contributed by atoms with Crippen molar-refractivity contribution >= 4 is 27.3 Å². The molecule has 0 aliphatic carbocycles. The number of hydrogen-bond donors (Lipinski definition) is 0. The van der Waals surface area contributed by atoms with Gasteiger partial charge in [0, 0.05) is 16.7 Å². The summed E-state index contributed by atoms with van der Waals surface area (Å²) in [5, 5.41) is 0.415. The molecule has 1 atom stereocenters. The van der Waals surface area contributed by atoms with E-state index in [-0.39, 0.29) is 9.79 Å². The minimum Gasteiger partial charge on any atom is -0.219 e. The molecule has 0 amide bonds. The van der Waals surface area contributed by atoms with Gasteiger partial charge in [0.25, 0.3) is 0 Å². The van der Waals surface area contributed by atoms with E-state index >= 15 is 0 Å². The van der Waals surface area contributed by atoms with E-state index in [1.165, 1.54) is 6.07 Å². The van der Waals surface area contributed by atoms with E-state index in [2.05, 4.69) is 11.2 Å². The van der Waals surface area contributed by atoms with E-state index in [0.717, 1.165) is 17.0 Å². The van der Waals surface area contributed by atoms with Crippen molar-refractivity contribution in [2.45, 2.75) is 23.3 Å². The van der Waals surface area contributed by atoms with Crippen LogP contribution in [0, 0.1) is 6.92 Å². The Morgan fingerprint density at radius 3 is 2.52 bits per heavy atom. The molecule has 2 aliphatic rings. The third kappa shape index (κ3) is 3.30. The van der Waals surface area contributed by atoms with Gasteiger partial charge in [-0.05, 0) is 55.0 Å². The number of allylic oxidation sites excluding steroid dienone is 2. The van der Waals surface area contributed by atoms with Crippen LogP contribution >= 0.6 is 11.6 Å². The maximum Gasteiger partial charge on any atom is 0.237 e. The molecule has 2 aromatic rings. The van der Waals surface area contributed by atoms with E-state index < -0.39 is 9.84 Å². The number of fused-ring (bicyclic) bond motifs is 1. The second kappa shape index (κ2) is 6.60. The summed E-state index contributed by atoms with van der Waals surface area (Å²) < 4.78 is 26.3. The number of halogens is 1. The summed E-state index contributed by atoms with van der Waals surface area (Å²) in [4.78, 5) is 4.87. The zero-order chi connectivity index (χ0) is 19.1. The Bertz CT molecular complexity index is 1110. The number of benzene rings is 2. The summed E-state index contributed by atoms with van der Waals surface area (Å²) >= 11 is 6.03. The van der Waals surface area contributed by atoms with Crippen LogP contribution in [0.5, 0.6) is 0 Å². The van der Waals surface area contributed by atoms with Crippen LogP contribution in [0.25, 0.3) is 0 Å². The highest BCUT2D eigenvalue weighted by atomic mass is 35.5. The van der Waals surface area contributed by atoms with Crippen molar-refractivity contribution in [3.63, 3.8) is 0 Å². The minimum atomic E-state index is -3.61. The Morgan fingerprint density at radius 1 is 1.00 bits per heavy atom. The van der Waals surface area contributed by atoms with E-state index in [0.29, 0.717) is 16.1 Å². The molecule has 0 saturated carbocycles. The largest absolute Gasteiger partial charge is 0.237 e. The van der Waals surface area contributed by atoms with Crippen molar-refractivity contribution in [2.75, 3.05) is 0 Å². The highest BCUT2D eigenvalue weighted by Crippen LogP contribution is 2.28. The van der Waals surface area contributed by atoms with Gasteiger partial charge in [-0.25, -0.2) is 12.9 Å². The number of hydrogen-bond acceptors (Lipinski definition) is 3. The highest BCUT2D eigenvalue weighted by Gasteiger charge is 2.33. The van der Waals surface area contributed by atoms with Gasteiger partial charge >= 0.3 is 0 Å². The average Bonchev–Trinajstić information content (AvgIpc) is 3.05. The number of nitrogens with zero attached hydrogens (tertiary/aromatic N) is 2. The van der Waals surface area contributed by atoms with Crippen LogP contribution in [-0.2, 0) is 16.4 Å². The predicted molar refractivity (Wildman–Crippen MR) is 107 cm³/mol. The first kappa shape index (κ1) is 17.9. The lowest BCUT2D eigenvalue weighted by atomic mass is 10.1. The van der Waals surface area contributed by atoms with Crippen LogP contribution in [0.15, 0.2) is 94.1 Å². The maximum absolute atomic E-state index is 12.9. The van der Waals surface area contributed by atoms with Crippen LogP contribution in [0.4, 0.5) is 0 Å². The third-order valence-corrected chi connectivity index (χ3v) is 6.65. The molecule has 0 radical (unpaired) electrons. The number of rotatable bonds is 4. The molecule has 0 N–H and O–H groups in total. The lowest BCUT2D eigenvalue weighted by Gasteiger charge is -2.28. The Kier molecular flexibility index (Phi) is 4.38. The monoisotopic (exact) mass is 397 g/mol. The van der Waals surface area contributed by atoms with Gasteiger partial charge < -0.3 is 0 Å². The molecule has 136 valence electrons. The van der Waals surface area contributed by atoms with Crippen LogP contribution in [0.1, 0.15) is 11.1 Å². The van der Waals surface area contributed by atoms with Gasteiger partial charge in [-0.15, -0.1) is 0 Å². The summed E-state index contributed by atoms with van der Waals surface area (Å²) in [6.45, 7) is 2.50. The van der Waals surface area contributed by atoms with Crippen molar-refractivity contribution in [1.29, 1.82) is 0 Å². The van der Waals surface area contributed by atoms with Crippen LogP contribution in [0.3, 0.4) is 0 Å². The number of quaternary nitrogens is 1. The van der Waals surface area contributed by atoms with Crippen molar-refractivity contribution in [2.24, 2.45) is 4.99 Å². The van der Waals surface area contributed by atoms with E-state index in [1.54, 1.807) is 30.5 Å². The van der Waals surface area contributed by atoms with E-state index in [4.69, 9.17) is 11.6 Å². The predicted octanol–water partition coefficient (Wildman–Crippen LogP) is 4.76. The fourth-order valence-corrected chi connectivity index (χ4v) is 5.07. The highest BCUT2D eigenvalue weighted by molar-refractivity contribution is 7.91. The van der Waals surface area contributed by atoms with Gasteiger partial charge in [-0.3, -0.25) is 0 Å². The van der Waals surface area contributed by atoms with Gasteiger partial charge in [0.05, 0.1) is 16.0 Å². The molecular weight excluding hydrogens is 380 g/mol. The molecule has 0 spiro atoms. The van der Waals surface area contributed by atoms with Crippen LogP contribution in [0.2, 0.25) is 5.02 Å². The fraction of sp³-hybridized carbons (Fsp3) is 0.0952. The normalized spacial score (nSPS) is 20.6. The van der Waals surface area contributed by atoms with Gasteiger partial charge in [-0.2, -0.15) is 4.99 Å². The Morgan fingerprint density at radius 2 is 1.78 bits per heavy atom.